The molecule has 112 valence electrons. The van der Waals surface area contributed by atoms with Crippen LogP contribution in [0.4, 0.5) is 0 Å². The van der Waals surface area contributed by atoms with Gasteiger partial charge in [0, 0.05) is 18.7 Å². The number of ether oxygens (including phenoxy) is 1. The van der Waals surface area contributed by atoms with E-state index in [0.29, 0.717) is 25.4 Å². The number of amides is 1. The minimum absolute atomic E-state index is 0.108. The molecule has 3 N–H and O–H groups in total. The van der Waals surface area contributed by atoms with Crippen LogP contribution >= 0.6 is 0 Å². The van der Waals surface area contributed by atoms with Crippen molar-refractivity contribution in [1.82, 2.24) is 5.32 Å². The van der Waals surface area contributed by atoms with Crippen molar-refractivity contribution in [3.63, 3.8) is 0 Å². The van der Waals surface area contributed by atoms with Crippen LogP contribution in [0.25, 0.3) is 0 Å². The van der Waals surface area contributed by atoms with Crippen LogP contribution in [0.2, 0.25) is 0 Å². The molecule has 1 rings (SSSR count). The number of hydrogen-bond donors (Lipinski definition) is 2. The smallest absolute Gasteiger partial charge is 0.224 e. The number of hydrogen-bond acceptors (Lipinski definition) is 5. The van der Waals surface area contributed by atoms with Crippen molar-refractivity contribution in [3.8, 4) is 5.75 Å². The highest BCUT2D eigenvalue weighted by Crippen LogP contribution is 2.15. The molecule has 0 heterocycles. The SMILES string of the molecule is CC(CN)C(=O)NCCOc1ccc(S(C)(=O)=O)cc1. The minimum Gasteiger partial charge on any atom is -0.492 e. The fourth-order valence-corrected chi connectivity index (χ4v) is 2.04. The van der Waals surface area contributed by atoms with Gasteiger partial charge in [-0.05, 0) is 24.3 Å². The zero-order valence-electron chi connectivity index (χ0n) is 11.6. The zero-order chi connectivity index (χ0) is 15.2. The van der Waals surface area contributed by atoms with Crippen molar-refractivity contribution in [1.29, 1.82) is 0 Å². The van der Waals surface area contributed by atoms with Crippen molar-refractivity contribution in [2.75, 3.05) is 26.0 Å². The van der Waals surface area contributed by atoms with Gasteiger partial charge in [0.1, 0.15) is 12.4 Å². The fraction of sp³-hybridized carbons (Fsp3) is 0.462. The molecule has 0 bridgehead atoms. The van der Waals surface area contributed by atoms with Gasteiger partial charge >= 0.3 is 0 Å². The second-order valence-corrected chi connectivity index (χ2v) is 6.54. The number of nitrogens with one attached hydrogen (secondary N) is 1. The Bertz CT molecular complexity index is 540. The first kappa shape index (κ1) is 16.5. The lowest BCUT2D eigenvalue weighted by atomic mass is 10.2. The molecule has 0 aromatic heterocycles. The molecule has 0 fully saturated rings. The molecule has 0 saturated heterocycles. The molecule has 20 heavy (non-hydrogen) atoms. The molecule has 1 aromatic carbocycles. The first-order valence-corrected chi connectivity index (χ1v) is 8.14. The summed E-state index contributed by atoms with van der Waals surface area (Å²) in [7, 11) is -3.19. The summed E-state index contributed by atoms with van der Waals surface area (Å²) >= 11 is 0. The van der Waals surface area contributed by atoms with E-state index in [4.69, 9.17) is 10.5 Å². The maximum atomic E-state index is 11.4. The summed E-state index contributed by atoms with van der Waals surface area (Å²) in [6.45, 7) is 2.73. The van der Waals surface area contributed by atoms with Crippen LogP contribution in [0.3, 0.4) is 0 Å². The van der Waals surface area contributed by atoms with Crippen LogP contribution in [-0.4, -0.2) is 40.3 Å². The highest BCUT2D eigenvalue weighted by molar-refractivity contribution is 7.90. The van der Waals surface area contributed by atoms with E-state index >= 15 is 0 Å². The van der Waals surface area contributed by atoms with Crippen molar-refractivity contribution in [3.05, 3.63) is 24.3 Å². The predicted molar refractivity (Wildman–Crippen MR) is 76.3 cm³/mol. The maximum Gasteiger partial charge on any atom is 0.224 e. The first-order valence-electron chi connectivity index (χ1n) is 6.25. The molecule has 0 aliphatic heterocycles. The number of sulfone groups is 1. The second kappa shape index (κ2) is 7.25. The van der Waals surface area contributed by atoms with Crippen molar-refractivity contribution < 1.29 is 17.9 Å². The Balaban J connectivity index is 2.38. The van der Waals surface area contributed by atoms with Crippen molar-refractivity contribution >= 4 is 15.7 Å². The van der Waals surface area contributed by atoms with Gasteiger partial charge in [0.05, 0.1) is 11.4 Å². The maximum absolute atomic E-state index is 11.4. The second-order valence-electron chi connectivity index (χ2n) is 4.52. The Hall–Kier alpha value is -1.60. The zero-order valence-corrected chi connectivity index (χ0v) is 12.4. The van der Waals surface area contributed by atoms with Crippen molar-refractivity contribution in [2.45, 2.75) is 11.8 Å². The Kier molecular flexibility index (Phi) is 5.97. The van der Waals surface area contributed by atoms with Gasteiger partial charge < -0.3 is 15.8 Å². The summed E-state index contributed by atoms with van der Waals surface area (Å²) in [5, 5.41) is 2.70. The Morgan fingerprint density at radius 3 is 2.45 bits per heavy atom. The van der Waals surface area contributed by atoms with E-state index in [2.05, 4.69) is 5.32 Å². The molecule has 1 aromatic rings. The third-order valence-corrected chi connectivity index (χ3v) is 3.85. The number of carbonyl (C=O) groups is 1. The van der Waals surface area contributed by atoms with E-state index in [-0.39, 0.29) is 16.7 Å². The monoisotopic (exact) mass is 300 g/mol. The molecule has 7 heteroatoms. The average molecular weight is 300 g/mol. The van der Waals surface area contributed by atoms with E-state index in [1.165, 1.54) is 12.1 Å². The number of rotatable bonds is 7. The number of nitrogens with two attached hydrogens (primary N) is 1. The number of carbonyl (C=O) groups excluding carboxylic acids is 1. The van der Waals surface area contributed by atoms with Gasteiger partial charge in [-0.2, -0.15) is 0 Å². The third-order valence-electron chi connectivity index (χ3n) is 2.72. The molecule has 6 nitrogen and oxygen atoms in total. The summed E-state index contributed by atoms with van der Waals surface area (Å²) in [5.41, 5.74) is 5.38. The summed E-state index contributed by atoms with van der Waals surface area (Å²) in [6, 6.07) is 6.14. The molecule has 0 radical (unpaired) electrons. The molecule has 1 atom stereocenters. The molecule has 0 aliphatic rings. The quantitative estimate of drug-likeness (QED) is 0.700. The van der Waals surface area contributed by atoms with Gasteiger partial charge in [0.15, 0.2) is 9.84 Å². The molecule has 1 unspecified atom stereocenters. The summed E-state index contributed by atoms with van der Waals surface area (Å²) < 4.78 is 27.9. The largest absolute Gasteiger partial charge is 0.492 e. The van der Waals surface area contributed by atoms with E-state index in [1.54, 1.807) is 19.1 Å². The van der Waals surface area contributed by atoms with E-state index in [9.17, 15) is 13.2 Å². The van der Waals surface area contributed by atoms with Crippen LogP contribution in [0.5, 0.6) is 5.75 Å². The molecule has 1 amide bonds. The van der Waals surface area contributed by atoms with Gasteiger partial charge in [-0.1, -0.05) is 6.92 Å². The van der Waals surface area contributed by atoms with Crippen LogP contribution in [-0.2, 0) is 14.6 Å². The van der Waals surface area contributed by atoms with Gasteiger partial charge in [-0.25, -0.2) is 8.42 Å². The van der Waals surface area contributed by atoms with Gasteiger partial charge in [0.2, 0.25) is 5.91 Å². The lowest BCUT2D eigenvalue weighted by Crippen LogP contribution is -2.35. The van der Waals surface area contributed by atoms with Crippen LogP contribution < -0.4 is 15.8 Å². The van der Waals surface area contributed by atoms with Gasteiger partial charge in [0.25, 0.3) is 0 Å². The lowest BCUT2D eigenvalue weighted by Gasteiger charge is -2.11. The Morgan fingerprint density at radius 1 is 1.35 bits per heavy atom. The van der Waals surface area contributed by atoms with Crippen molar-refractivity contribution in [2.24, 2.45) is 11.7 Å². The van der Waals surface area contributed by atoms with E-state index < -0.39 is 9.84 Å². The fourth-order valence-electron chi connectivity index (χ4n) is 1.41. The topological polar surface area (TPSA) is 98.5 Å². The van der Waals surface area contributed by atoms with E-state index in [0.717, 1.165) is 6.26 Å². The molecule has 0 saturated carbocycles. The van der Waals surface area contributed by atoms with Gasteiger partial charge in [-0.15, -0.1) is 0 Å². The predicted octanol–water partition coefficient (Wildman–Crippen LogP) is 0.180. The Labute approximate surface area is 119 Å². The molecular weight excluding hydrogens is 280 g/mol. The molecular formula is C13H20N2O4S. The third kappa shape index (κ3) is 5.18. The summed E-state index contributed by atoms with van der Waals surface area (Å²) in [5.74, 6) is 0.228. The highest BCUT2D eigenvalue weighted by atomic mass is 32.2. The minimum atomic E-state index is -3.19. The number of benzene rings is 1. The molecule has 0 spiro atoms. The van der Waals surface area contributed by atoms with Crippen LogP contribution in [0, 0.1) is 5.92 Å². The lowest BCUT2D eigenvalue weighted by molar-refractivity contribution is -0.124. The van der Waals surface area contributed by atoms with Crippen LogP contribution in [0.15, 0.2) is 29.2 Å². The van der Waals surface area contributed by atoms with Crippen LogP contribution in [0.1, 0.15) is 6.92 Å². The standard InChI is InChI=1S/C13H20N2O4S/c1-10(9-14)13(16)15-7-8-19-11-3-5-12(6-4-11)20(2,17)18/h3-6,10H,7-9,14H2,1-2H3,(H,15,16). The van der Waals surface area contributed by atoms with Gasteiger partial charge in [-0.3, -0.25) is 4.79 Å². The highest BCUT2D eigenvalue weighted by Gasteiger charge is 2.09. The van der Waals surface area contributed by atoms with E-state index in [1.807, 2.05) is 0 Å². The molecule has 0 aliphatic carbocycles. The Morgan fingerprint density at radius 2 is 1.95 bits per heavy atom. The normalized spacial score (nSPS) is 12.8. The first-order chi connectivity index (χ1) is 9.34. The summed E-state index contributed by atoms with van der Waals surface area (Å²) in [6.07, 6.45) is 1.15. The average Bonchev–Trinajstić information content (AvgIpc) is 2.42. The summed E-state index contributed by atoms with van der Waals surface area (Å²) in [4.78, 5) is 11.7.